The summed E-state index contributed by atoms with van der Waals surface area (Å²) in [6, 6.07) is 10.3. The second-order valence-corrected chi connectivity index (χ2v) is 7.41. The van der Waals surface area contributed by atoms with Crippen LogP contribution in [-0.2, 0) is 34.0 Å². The van der Waals surface area contributed by atoms with Gasteiger partial charge in [-0.1, -0.05) is 26.0 Å². The second kappa shape index (κ2) is 13.2. The van der Waals surface area contributed by atoms with E-state index in [-0.39, 0.29) is 0 Å². The number of rotatable bonds is 14. The first kappa shape index (κ1) is 25.0. The summed E-state index contributed by atoms with van der Waals surface area (Å²) >= 11 is 0. The van der Waals surface area contributed by atoms with Crippen molar-refractivity contribution in [3.63, 3.8) is 0 Å². The van der Waals surface area contributed by atoms with Gasteiger partial charge in [0, 0.05) is 32.5 Å². The molecule has 0 aliphatic rings. The van der Waals surface area contributed by atoms with Gasteiger partial charge in [0.25, 0.3) is 0 Å². The van der Waals surface area contributed by atoms with Crippen molar-refractivity contribution < 1.29 is 28.4 Å². The Morgan fingerprint density at radius 2 is 1.32 bits per heavy atom. The van der Waals surface area contributed by atoms with Gasteiger partial charge in [-0.15, -0.1) is 0 Å². The van der Waals surface area contributed by atoms with Crippen LogP contribution in [0.1, 0.15) is 48.4 Å². The minimum atomic E-state index is 0.352. The Bertz CT molecular complexity index is 788. The molecule has 0 aliphatic carbocycles. The molecule has 2 aromatic rings. The van der Waals surface area contributed by atoms with Gasteiger partial charge in [-0.05, 0) is 36.1 Å². The van der Waals surface area contributed by atoms with Crippen LogP contribution in [0.15, 0.2) is 30.3 Å². The first-order valence-corrected chi connectivity index (χ1v) is 10.6. The Labute approximate surface area is 186 Å². The third-order valence-electron chi connectivity index (χ3n) is 5.23. The topological polar surface area (TPSA) is 55.4 Å². The molecule has 0 N–H and O–H groups in total. The highest BCUT2D eigenvalue weighted by Gasteiger charge is 2.20. The molecule has 6 nitrogen and oxygen atoms in total. The molecule has 0 amide bonds. The number of hydrogen-bond donors (Lipinski definition) is 0. The van der Waals surface area contributed by atoms with Crippen LogP contribution in [0.3, 0.4) is 0 Å². The van der Waals surface area contributed by atoms with E-state index in [9.17, 15) is 0 Å². The normalized spacial score (nSPS) is 11.9. The van der Waals surface area contributed by atoms with E-state index in [0.717, 1.165) is 28.9 Å². The first-order valence-electron chi connectivity index (χ1n) is 10.6. The molecule has 0 saturated heterocycles. The Morgan fingerprint density at radius 3 is 1.87 bits per heavy atom. The van der Waals surface area contributed by atoms with Crippen molar-refractivity contribution in [2.45, 2.75) is 46.0 Å². The minimum Gasteiger partial charge on any atom is -0.496 e. The fourth-order valence-electron chi connectivity index (χ4n) is 3.50. The Hall–Kier alpha value is -2.28. The lowest BCUT2D eigenvalue weighted by molar-refractivity contribution is 0.157. The van der Waals surface area contributed by atoms with Crippen molar-refractivity contribution in [1.82, 2.24) is 0 Å². The molecule has 0 aromatic heterocycles. The van der Waals surface area contributed by atoms with E-state index in [1.807, 2.05) is 18.2 Å². The number of benzene rings is 2. The molecule has 6 heteroatoms. The largest absolute Gasteiger partial charge is 0.496 e. The summed E-state index contributed by atoms with van der Waals surface area (Å²) in [6.07, 6.45) is 1.12. The summed E-state index contributed by atoms with van der Waals surface area (Å²) < 4.78 is 33.8. The second-order valence-electron chi connectivity index (χ2n) is 7.41. The molecular formula is C25H36O6. The lowest BCUT2D eigenvalue weighted by Gasteiger charge is -2.21. The molecule has 2 rings (SSSR count). The molecular weight excluding hydrogens is 396 g/mol. The number of methoxy groups -OCH3 is 4. The predicted octanol–water partition coefficient (Wildman–Crippen LogP) is 5.11. The SMILES string of the molecule is CCC(C)c1ccc(OCCOc2c(COC)cc(COC)c(OC)c2COC)cc1. The number of hydrogen-bond acceptors (Lipinski definition) is 6. The van der Waals surface area contributed by atoms with Gasteiger partial charge in [0.05, 0.1) is 32.5 Å². The van der Waals surface area contributed by atoms with Crippen LogP contribution in [0.4, 0.5) is 0 Å². The first-order chi connectivity index (χ1) is 15.1. The van der Waals surface area contributed by atoms with Crippen molar-refractivity contribution >= 4 is 0 Å². The minimum absolute atomic E-state index is 0.352. The zero-order chi connectivity index (χ0) is 22.6. The molecule has 1 unspecified atom stereocenters. The molecule has 0 fully saturated rings. The highest BCUT2D eigenvalue weighted by atomic mass is 16.5. The third kappa shape index (κ3) is 6.86. The molecule has 172 valence electrons. The Kier molecular flexibility index (Phi) is 10.6. The van der Waals surface area contributed by atoms with Crippen LogP contribution in [0.2, 0.25) is 0 Å². The van der Waals surface area contributed by atoms with Gasteiger partial charge >= 0.3 is 0 Å². The van der Waals surface area contributed by atoms with E-state index >= 15 is 0 Å². The number of ether oxygens (including phenoxy) is 6. The molecule has 0 spiro atoms. The fourth-order valence-corrected chi connectivity index (χ4v) is 3.50. The standard InChI is InChI=1S/C25H36O6/c1-7-18(2)19-8-10-22(11-9-19)30-12-13-31-25-21(16-27-4)14-20(15-26-3)24(29-6)23(25)17-28-5/h8-11,14,18H,7,12-13,15-17H2,1-6H3. The van der Waals surface area contributed by atoms with Gasteiger partial charge in [0.2, 0.25) is 0 Å². The van der Waals surface area contributed by atoms with Crippen molar-refractivity contribution in [3.8, 4) is 17.2 Å². The van der Waals surface area contributed by atoms with Gasteiger partial charge in [-0.2, -0.15) is 0 Å². The maximum Gasteiger partial charge on any atom is 0.134 e. The van der Waals surface area contributed by atoms with Crippen LogP contribution >= 0.6 is 0 Å². The van der Waals surface area contributed by atoms with Gasteiger partial charge in [0.1, 0.15) is 30.5 Å². The van der Waals surface area contributed by atoms with Crippen LogP contribution < -0.4 is 14.2 Å². The smallest absolute Gasteiger partial charge is 0.134 e. The summed E-state index contributed by atoms with van der Waals surface area (Å²) in [5, 5.41) is 0. The quantitative estimate of drug-likeness (QED) is 0.387. The van der Waals surface area contributed by atoms with Crippen LogP contribution in [0, 0.1) is 0 Å². The molecule has 0 radical (unpaired) electrons. The van der Waals surface area contributed by atoms with Crippen molar-refractivity contribution in [3.05, 3.63) is 52.6 Å². The highest BCUT2D eigenvalue weighted by Crippen LogP contribution is 2.37. The van der Waals surface area contributed by atoms with Crippen LogP contribution in [-0.4, -0.2) is 41.7 Å². The van der Waals surface area contributed by atoms with E-state index < -0.39 is 0 Å². The van der Waals surface area contributed by atoms with E-state index in [1.165, 1.54) is 5.56 Å². The lowest BCUT2D eigenvalue weighted by atomic mass is 9.99. The van der Waals surface area contributed by atoms with Gasteiger partial charge in [-0.3, -0.25) is 0 Å². The third-order valence-corrected chi connectivity index (χ3v) is 5.23. The summed E-state index contributed by atoms with van der Waals surface area (Å²) in [4.78, 5) is 0. The van der Waals surface area contributed by atoms with Crippen molar-refractivity contribution in [1.29, 1.82) is 0 Å². The van der Waals surface area contributed by atoms with Gasteiger partial charge in [-0.25, -0.2) is 0 Å². The predicted molar refractivity (Wildman–Crippen MR) is 121 cm³/mol. The molecule has 31 heavy (non-hydrogen) atoms. The average molecular weight is 433 g/mol. The summed E-state index contributed by atoms with van der Waals surface area (Å²) in [7, 11) is 6.60. The summed E-state index contributed by atoms with van der Waals surface area (Å²) in [5.74, 6) is 2.79. The molecule has 1 atom stereocenters. The van der Waals surface area contributed by atoms with E-state index in [0.29, 0.717) is 50.5 Å². The van der Waals surface area contributed by atoms with Crippen LogP contribution in [0.25, 0.3) is 0 Å². The van der Waals surface area contributed by atoms with Gasteiger partial charge in [0.15, 0.2) is 0 Å². The zero-order valence-corrected chi connectivity index (χ0v) is 19.7. The Balaban J connectivity index is 2.13. The Morgan fingerprint density at radius 1 is 0.742 bits per heavy atom. The highest BCUT2D eigenvalue weighted by molar-refractivity contribution is 5.54. The van der Waals surface area contributed by atoms with E-state index in [2.05, 4.69) is 26.0 Å². The molecule has 0 saturated carbocycles. The molecule has 0 bridgehead atoms. The maximum atomic E-state index is 6.14. The van der Waals surface area contributed by atoms with E-state index in [1.54, 1.807) is 28.4 Å². The monoisotopic (exact) mass is 432 g/mol. The van der Waals surface area contributed by atoms with Crippen molar-refractivity contribution in [2.75, 3.05) is 41.7 Å². The molecule has 2 aromatic carbocycles. The van der Waals surface area contributed by atoms with Gasteiger partial charge < -0.3 is 28.4 Å². The summed E-state index contributed by atoms with van der Waals surface area (Å²) in [5.41, 5.74) is 4.00. The van der Waals surface area contributed by atoms with Crippen molar-refractivity contribution in [2.24, 2.45) is 0 Å². The maximum absolute atomic E-state index is 6.14. The van der Waals surface area contributed by atoms with E-state index in [4.69, 9.17) is 28.4 Å². The molecule has 0 aliphatic heterocycles. The fraction of sp³-hybridized carbons (Fsp3) is 0.520. The van der Waals surface area contributed by atoms with Crippen LogP contribution in [0.5, 0.6) is 17.2 Å². The lowest BCUT2D eigenvalue weighted by Crippen LogP contribution is -2.13. The average Bonchev–Trinajstić information content (AvgIpc) is 2.78. The molecule has 0 heterocycles. The summed E-state index contributed by atoms with van der Waals surface area (Å²) in [6.45, 7) is 6.41. The zero-order valence-electron chi connectivity index (χ0n) is 19.7.